The lowest BCUT2D eigenvalue weighted by Crippen LogP contribution is -2.35. The number of rotatable bonds is 2. The number of nitrogens with two attached hydrogens (primary N) is 1. The quantitative estimate of drug-likeness (QED) is 0.494. The second-order valence-electron chi connectivity index (χ2n) is 4.35. The van der Waals surface area contributed by atoms with E-state index in [-0.39, 0.29) is 11.5 Å². The normalized spacial score (nSPS) is 29.9. The van der Waals surface area contributed by atoms with Crippen LogP contribution in [0.1, 0.15) is 6.23 Å². The fraction of sp³-hybridized carbons (Fsp3) is 0.400. The van der Waals surface area contributed by atoms with E-state index < -0.39 is 30.5 Å². The molecule has 1 aliphatic heterocycles. The van der Waals surface area contributed by atoms with Gasteiger partial charge in [0, 0.05) is 0 Å². The number of fused-ring (bicyclic) bond motifs is 1. The molecule has 4 atom stereocenters. The summed E-state index contributed by atoms with van der Waals surface area (Å²) in [7, 11) is 0. The lowest BCUT2D eigenvalue weighted by molar-refractivity contribution is -0.155. The van der Waals surface area contributed by atoms with E-state index in [0.717, 1.165) is 0 Å². The number of aromatic nitrogens is 4. The maximum Gasteiger partial charge on any atom is 0.335 e. The average molecular weight is 281 g/mol. The molecule has 5 N–H and O–H groups in total. The molecule has 2 unspecified atom stereocenters. The predicted octanol–water partition coefficient (Wildman–Crippen LogP) is -1.89. The highest BCUT2D eigenvalue weighted by molar-refractivity contribution is 5.81. The first kappa shape index (κ1) is 12.7. The molecule has 3 rings (SSSR count). The summed E-state index contributed by atoms with van der Waals surface area (Å²) in [4.78, 5) is 22.6. The number of aliphatic hydroxyl groups is 2. The van der Waals surface area contributed by atoms with Crippen LogP contribution in [0, 0.1) is 0 Å². The zero-order chi connectivity index (χ0) is 14.4. The van der Waals surface area contributed by atoms with E-state index in [1.807, 2.05) is 0 Å². The van der Waals surface area contributed by atoms with Crippen LogP contribution in [0.5, 0.6) is 0 Å². The van der Waals surface area contributed by atoms with E-state index in [9.17, 15) is 15.0 Å². The summed E-state index contributed by atoms with van der Waals surface area (Å²) in [5, 5.41) is 28.5. The molecule has 0 bridgehead atoms. The Hall–Kier alpha value is -2.30. The van der Waals surface area contributed by atoms with Crippen LogP contribution < -0.4 is 5.73 Å². The van der Waals surface area contributed by atoms with Gasteiger partial charge >= 0.3 is 5.97 Å². The molecule has 2 aromatic rings. The smallest absolute Gasteiger partial charge is 0.335 e. The first-order chi connectivity index (χ1) is 9.50. The molecule has 0 spiro atoms. The van der Waals surface area contributed by atoms with E-state index in [4.69, 9.17) is 15.6 Å². The van der Waals surface area contributed by atoms with Crippen LogP contribution in [0.4, 0.5) is 5.82 Å². The van der Waals surface area contributed by atoms with Gasteiger partial charge in [0.25, 0.3) is 0 Å². The van der Waals surface area contributed by atoms with Crippen molar-refractivity contribution in [1.29, 1.82) is 0 Å². The van der Waals surface area contributed by atoms with E-state index in [1.165, 1.54) is 17.2 Å². The topological polar surface area (TPSA) is 157 Å². The molecule has 1 saturated heterocycles. The van der Waals surface area contributed by atoms with Gasteiger partial charge in [-0.05, 0) is 0 Å². The minimum absolute atomic E-state index is 0.150. The van der Waals surface area contributed by atoms with Crippen LogP contribution in [0.25, 0.3) is 11.2 Å². The van der Waals surface area contributed by atoms with Crippen molar-refractivity contribution in [3.63, 3.8) is 0 Å². The maximum absolute atomic E-state index is 10.9. The largest absolute Gasteiger partial charge is 0.479 e. The fourth-order valence-corrected chi connectivity index (χ4v) is 2.15. The number of hydrogen-bond donors (Lipinski definition) is 4. The Kier molecular flexibility index (Phi) is 2.78. The Morgan fingerprint density at radius 3 is 2.70 bits per heavy atom. The van der Waals surface area contributed by atoms with Crippen molar-refractivity contribution in [2.45, 2.75) is 24.5 Å². The first-order valence-corrected chi connectivity index (χ1v) is 5.68. The second kappa shape index (κ2) is 4.37. The summed E-state index contributed by atoms with van der Waals surface area (Å²) in [6.45, 7) is 0. The number of carboxylic acids is 1. The number of nitrogens with zero attached hydrogens (tertiary/aromatic N) is 4. The monoisotopic (exact) mass is 281 g/mol. The van der Waals surface area contributed by atoms with E-state index in [2.05, 4.69) is 15.0 Å². The second-order valence-corrected chi connectivity index (χ2v) is 4.35. The first-order valence-electron chi connectivity index (χ1n) is 5.68. The van der Waals surface area contributed by atoms with E-state index >= 15 is 0 Å². The van der Waals surface area contributed by atoms with Gasteiger partial charge in [0.2, 0.25) is 0 Å². The molecular weight excluding hydrogens is 270 g/mol. The van der Waals surface area contributed by atoms with E-state index in [0.29, 0.717) is 5.52 Å². The number of carboxylic acid groups (broad SMARTS) is 1. The van der Waals surface area contributed by atoms with Gasteiger partial charge in [0.1, 0.15) is 24.1 Å². The van der Waals surface area contributed by atoms with E-state index in [1.54, 1.807) is 0 Å². The fourth-order valence-electron chi connectivity index (χ4n) is 2.15. The summed E-state index contributed by atoms with van der Waals surface area (Å²) in [5.74, 6) is -1.21. The maximum atomic E-state index is 10.9. The van der Waals surface area contributed by atoms with Crippen LogP contribution in [-0.2, 0) is 9.53 Å². The number of nitrogen functional groups attached to an aromatic ring is 1. The molecule has 1 fully saturated rings. The third kappa shape index (κ3) is 1.70. The zero-order valence-corrected chi connectivity index (χ0v) is 9.99. The van der Waals surface area contributed by atoms with Gasteiger partial charge < -0.3 is 25.8 Å². The van der Waals surface area contributed by atoms with Gasteiger partial charge in [0.15, 0.2) is 23.8 Å². The minimum Gasteiger partial charge on any atom is -0.479 e. The SMILES string of the molecule is Nc1ncnc2c1ncn2[C@@H]1O[C@@H](C(=O)O)C(O)C1O. The van der Waals surface area contributed by atoms with Crippen LogP contribution in [-0.4, -0.2) is 59.1 Å². The summed E-state index contributed by atoms with van der Waals surface area (Å²) in [6, 6.07) is 0. The summed E-state index contributed by atoms with van der Waals surface area (Å²) in [6.07, 6.45) is -3.11. The van der Waals surface area contributed by atoms with Crippen molar-refractivity contribution in [3.05, 3.63) is 12.7 Å². The highest BCUT2D eigenvalue weighted by Crippen LogP contribution is 2.31. The Morgan fingerprint density at radius 1 is 1.30 bits per heavy atom. The molecule has 1 aliphatic rings. The molecule has 2 aromatic heterocycles. The average Bonchev–Trinajstić information content (AvgIpc) is 2.94. The van der Waals surface area contributed by atoms with Crippen LogP contribution in [0.2, 0.25) is 0 Å². The summed E-state index contributed by atoms with van der Waals surface area (Å²) < 4.78 is 6.47. The van der Waals surface area contributed by atoms with Gasteiger partial charge in [0.05, 0.1) is 6.33 Å². The highest BCUT2D eigenvalue weighted by atomic mass is 16.6. The van der Waals surface area contributed by atoms with Crippen molar-refractivity contribution in [1.82, 2.24) is 19.5 Å². The predicted molar refractivity (Wildman–Crippen MR) is 63.3 cm³/mol. The number of aliphatic carboxylic acids is 1. The lowest BCUT2D eigenvalue weighted by Gasteiger charge is -2.16. The van der Waals surface area contributed by atoms with Gasteiger partial charge in [-0.2, -0.15) is 0 Å². The molecular formula is C10H11N5O5. The van der Waals surface area contributed by atoms with Crippen LogP contribution in [0.15, 0.2) is 12.7 Å². The van der Waals surface area contributed by atoms with Gasteiger partial charge in [-0.25, -0.2) is 19.7 Å². The standard InChI is InChI=1S/C10H11N5O5/c11-7-3-8(13-1-12-7)15(2-14-3)9-5(17)4(16)6(20-9)10(18)19/h1-2,4-6,9,16-17H,(H,18,19)(H2,11,12,13)/t4?,5?,6-,9-/m1/s1. The van der Waals surface area contributed by atoms with Crippen molar-refractivity contribution >= 4 is 23.0 Å². The van der Waals surface area contributed by atoms with Gasteiger partial charge in [-0.15, -0.1) is 0 Å². The van der Waals surface area contributed by atoms with Gasteiger partial charge in [-0.3, -0.25) is 4.57 Å². The Balaban J connectivity index is 2.04. The van der Waals surface area contributed by atoms with Crippen LogP contribution in [0.3, 0.4) is 0 Å². The third-order valence-corrected chi connectivity index (χ3v) is 3.14. The molecule has 3 heterocycles. The number of hydrogen-bond acceptors (Lipinski definition) is 8. The molecule has 10 heteroatoms. The molecule has 20 heavy (non-hydrogen) atoms. The van der Waals surface area contributed by atoms with Crippen molar-refractivity contribution < 1.29 is 24.9 Å². The Morgan fingerprint density at radius 2 is 2.05 bits per heavy atom. The molecule has 10 nitrogen and oxygen atoms in total. The molecule has 0 amide bonds. The van der Waals surface area contributed by atoms with Crippen LogP contribution >= 0.6 is 0 Å². The molecule has 0 aromatic carbocycles. The Labute approximate surface area is 111 Å². The number of ether oxygens (including phenoxy) is 1. The summed E-state index contributed by atoms with van der Waals surface area (Å²) in [5.41, 5.74) is 6.21. The lowest BCUT2D eigenvalue weighted by atomic mass is 10.1. The molecule has 0 aliphatic carbocycles. The highest BCUT2D eigenvalue weighted by Gasteiger charge is 2.47. The molecule has 0 saturated carbocycles. The van der Waals surface area contributed by atoms with Crippen molar-refractivity contribution in [3.8, 4) is 0 Å². The van der Waals surface area contributed by atoms with Crippen molar-refractivity contribution in [2.24, 2.45) is 0 Å². The number of carbonyl (C=O) groups is 1. The summed E-state index contributed by atoms with van der Waals surface area (Å²) >= 11 is 0. The number of aliphatic hydroxyl groups excluding tert-OH is 2. The molecule has 106 valence electrons. The Bertz CT molecular complexity index is 673. The minimum atomic E-state index is -1.55. The van der Waals surface area contributed by atoms with Gasteiger partial charge in [-0.1, -0.05) is 0 Å². The molecule has 0 radical (unpaired) electrons. The number of imidazole rings is 1. The number of anilines is 1. The zero-order valence-electron chi connectivity index (χ0n) is 9.99. The van der Waals surface area contributed by atoms with Crippen molar-refractivity contribution in [2.75, 3.05) is 5.73 Å². The third-order valence-electron chi connectivity index (χ3n) is 3.14.